The first-order chi connectivity index (χ1) is 8.34. The van der Waals surface area contributed by atoms with E-state index in [0.29, 0.717) is 5.82 Å². The zero-order chi connectivity index (χ0) is 15.1. The monoisotopic (exact) mass is 328 g/mol. The molecule has 0 amide bonds. The van der Waals surface area contributed by atoms with Gasteiger partial charge in [-0.3, -0.25) is 0 Å². The Kier molecular flexibility index (Phi) is 4.39. The Morgan fingerprint density at radius 1 is 1.26 bits per heavy atom. The molecule has 1 aromatic rings. The number of hydrogen-bond donors (Lipinski definition) is 0. The van der Waals surface area contributed by atoms with Gasteiger partial charge in [0, 0.05) is 23.4 Å². The first-order valence-electron chi connectivity index (χ1n) is 5.55. The van der Waals surface area contributed by atoms with Gasteiger partial charge in [-0.15, -0.1) is 0 Å². The standard InChI is InChI=1S/C10H17ClN2O4S2/c1-8-12-9(19(11,16)17)7-13(8)5-6-18(14,15)10(2,3)4/h7H,5-6H2,1-4H3. The fourth-order valence-corrected chi connectivity index (χ4v) is 3.11. The van der Waals surface area contributed by atoms with Gasteiger partial charge in [0.15, 0.2) is 14.9 Å². The average molecular weight is 329 g/mol. The van der Waals surface area contributed by atoms with Crippen molar-refractivity contribution in [3.8, 4) is 0 Å². The molecule has 0 saturated carbocycles. The smallest absolute Gasteiger partial charge is 0.280 e. The lowest BCUT2D eigenvalue weighted by molar-refractivity contribution is 0.553. The quantitative estimate of drug-likeness (QED) is 0.778. The highest BCUT2D eigenvalue weighted by Crippen LogP contribution is 2.18. The van der Waals surface area contributed by atoms with Crippen LogP contribution in [0.25, 0.3) is 0 Å². The van der Waals surface area contributed by atoms with E-state index in [-0.39, 0.29) is 17.3 Å². The zero-order valence-corrected chi connectivity index (χ0v) is 13.6. The number of imidazole rings is 1. The second kappa shape index (κ2) is 5.06. The van der Waals surface area contributed by atoms with Gasteiger partial charge >= 0.3 is 0 Å². The molecule has 110 valence electrons. The van der Waals surface area contributed by atoms with Gasteiger partial charge in [-0.05, 0) is 27.7 Å². The summed E-state index contributed by atoms with van der Waals surface area (Å²) in [5, 5.41) is -0.264. The molecule has 0 aliphatic heterocycles. The van der Waals surface area contributed by atoms with Crippen molar-refractivity contribution in [2.24, 2.45) is 0 Å². The number of aromatic nitrogens is 2. The lowest BCUT2D eigenvalue weighted by Crippen LogP contribution is -2.32. The van der Waals surface area contributed by atoms with Gasteiger partial charge in [-0.1, -0.05) is 0 Å². The summed E-state index contributed by atoms with van der Waals surface area (Å²) in [6, 6.07) is 0. The maximum atomic E-state index is 12.0. The first-order valence-corrected chi connectivity index (χ1v) is 9.51. The number of sulfone groups is 1. The minimum atomic E-state index is -3.90. The van der Waals surface area contributed by atoms with Crippen LogP contribution in [0, 0.1) is 6.92 Å². The van der Waals surface area contributed by atoms with Crippen LogP contribution in [0.1, 0.15) is 26.6 Å². The van der Waals surface area contributed by atoms with Crippen molar-refractivity contribution >= 4 is 29.6 Å². The van der Waals surface area contributed by atoms with E-state index in [1.165, 1.54) is 10.8 Å². The highest BCUT2D eigenvalue weighted by atomic mass is 35.7. The van der Waals surface area contributed by atoms with Crippen LogP contribution in [-0.2, 0) is 25.4 Å². The molecule has 0 saturated heterocycles. The largest absolute Gasteiger partial charge is 0.333 e. The van der Waals surface area contributed by atoms with Crippen molar-refractivity contribution in [2.45, 2.75) is 44.0 Å². The molecule has 6 nitrogen and oxygen atoms in total. The Morgan fingerprint density at radius 2 is 1.79 bits per heavy atom. The molecular weight excluding hydrogens is 312 g/mol. The lowest BCUT2D eigenvalue weighted by atomic mass is 10.3. The Morgan fingerprint density at radius 3 is 2.16 bits per heavy atom. The molecule has 0 aliphatic rings. The molecule has 0 radical (unpaired) electrons. The van der Waals surface area contributed by atoms with E-state index in [4.69, 9.17) is 10.7 Å². The Hall–Kier alpha value is -0.600. The number of nitrogens with zero attached hydrogens (tertiary/aromatic N) is 2. The van der Waals surface area contributed by atoms with E-state index in [2.05, 4.69) is 4.98 Å². The van der Waals surface area contributed by atoms with Crippen LogP contribution in [0.15, 0.2) is 11.2 Å². The molecule has 0 N–H and O–H groups in total. The summed E-state index contributed by atoms with van der Waals surface area (Å²) >= 11 is 0. The van der Waals surface area contributed by atoms with Crippen LogP contribution in [0.3, 0.4) is 0 Å². The molecule has 0 unspecified atom stereocenters. The number of halogens is 1. The maximum Gasteiger partial charge on any atom is 0.280 e. The lowest BCUT2D eigenvalue weighted by Gasteiger charge is -2.19. The van der Waals surface area contributed by atoms with Crippen molar-refractivity contribution in [1.82, 2.24) is 9.55 Å². The predicted molar refractivity (Wildman–Crippen MR) is 73.5 cm³/mol. The molecule has 1 heterocycles. The fraction of sp³-hybridized carbons (Fsp3) is 0.700. The molecule has 0 aromatic carbocycles. The molecule has 0 spiro atoms. The van der Waals surface area contributed by atoms with Crippen LogP contribution >= 0.6 is 10.7 Å². The Bertz CT molecular complexity index is 669. The Labute approximate surface area is 118 Å². The van der Waals surface area contributed by atoms with Crippen molar-refractivity contribution in [2.75, 3.05) is 5.75 Å². The third kappa shape index (κ3) is 3.93. The molecule has 0 aliphatic carbocycles. The van der Waals surface area contributed by atoms with Crippen LogP contribution in [0.4, 0.5) is 0 Å². The fourth-order valence-electron chi connectivity index (χ4n) is 1.35. The second-order valence-corrected chi connectivity index (χ2v) is 10.6. The summed E-state index contributed by atoms with van der Waals surface area (Å²) in [6.07, 6.45) is 1.25. The van der Waals surface area contributed by atoms with Gasteiger partial charge < -0.3 is 4.57 Å². The molecule has 0 fully saturated rings. The second-order valence-electron chi connectivity index (χ2n) is 5.19. The third-order valence-corrected chi connectivity index (χ3v) is 6.49. The molecule has 19 heavy (non-hydrogen) atoms. The molecule has 1 rings (SSSR count). The minimum absolute atomic E-state index is 0.0878. The van der Waals surface area contributed by atoms with Crippen molar-refractivity contribution in [1.29, 1.82) is 0 Å². The molecular formula is C10H17ClN2O4S2. The normalized spacial score (nSPS) is 13.7. The van der Waals surface area contributed by atoms with E-state index in [0.717, 1.165) is 0 Å². The van der Waals surface area contributed by atoms with Gasteiger partial charge in [0.1, 0.15) is 5.82 Å². The van der Waals surface area contributed by atoms with Gasteiger partial charge in [-0.25, -0.2) is 21.8 Å². The van der Waals surface area contributed by atoms with Crippen LogP contribution in [-0.4, -0.2) is 36.9 Å². The highest BCUT2D eigenvalue weighted by Gasteiger charge is 2.28. The first kappa shape index (κ1) is 16.5. The summed E-state index contributed by atoms with van der Waals surface area (Å²) in [5.41, 5.74) is 0. The summed E-state index contributed by atoms with van der Waals surface area (Å²) in [7, 11) is -1.98. The van der Waals surface area contributed by atoms with Crippen LogP contribution in [0.2, 0.25) is 0 Å². The predicted octanol–water partition coefficient (Wildman–Crippen LogP) is 1.33. The highest BCUT2D eigenvalue weighted by molar-refractivity contribution is 8.13. The van der Waals surface area contributed by atoms with E-state index in [9.17, 15) is 16.8 Å². The zero-order valence-electron chi connectivity index (χ0n) is 11.2. The number of aryl methyl sites for hydroxylation is 2. The average Bonchev–Trinajstić information content (AvgIpc) is 2.55. The Balaban J connectivity index is 2.95. The third-order valence-electron chi connectivity index (χ3n) is 2.74. The SMILES string of the molecule is Cc1nc(S(=O)(=O)Cl)cn1CCS(=O)(=O)C(C)(C)C. The summed E-state index contributed by atoms with van der Waals surface area (Å²) in [4.78, 5) is 3.79. The molecule has 9 heteroatoms. The molecule has 1 aromatic heterocycles. The van der Waals surface area contributed by atoms with E-state index in [1.54, 1.807) is 27.7 Å². The van der Waals surface area contributed by atoms with E-state index >= 15 is 0 Å². The summed E-state index contributed by atoms with van der Waals surface area (Å²) in [6.45, 7) is 6.60. The summed E-state index contributed by atoms with van der Waals surface area (Å²) in [5.74, 6) is 0.318. The van der Waals surface area contributed by atoms with Gasteiger partial charge in [0.05, 0.1) is 10.5 Å². The van der Waals surface area contributed by atoms with Gasteiger partial charge in [0.25, 0.3) is 9.05 Å². The van der Waals surface area contributed by atoms with Crippen molar-refractivity contribution < 1.29 is 16.8 Å². The maximum absolute atomic E-state index is 12.0. The number of hydrogen-bond acceptors (Lipinski definition) is 5. The molecule has 0 atom stereocenters. The van der Waals surface area contributed by atoms with Gasteiger partial charge in [0.2, 0.25) is 0 Å². The summed E-state index contributed by atoms with van der Waals surface area (Å²) < 4.78 is 46.8. The van der Waals surface area contributed by atoms with E-state index in [1.807, 2.05) is 0 Å². The minimum Gasteiger partial charge on any atom is -0.333 e. The van der Waals surface area contributed by atoms with Crippen LogP contribution < -0.4 is 0 Å². The topological polar surface area (TPSA) is 86.1 Å². The molecule has 0 bridgehead atoms. The van der Waals surface area contributed by atoms with E-state index < -0.39 is 23.6 Å². The van der Waals surface area contributed by atoms with Crippen molar-refractivity contribution in [3.05, 3.63) is 12.0 Å². The number of rotatable bonds is 4. The van der Waals surface area contributed by atoms with Crippen molar-refractivity contribution in [3.63, 3.8) is 0 Å². The van der Waals surface area contributed by atoms with Gasteiger partial charge in [-0.2, -0.15) is 0 Å². The van der Waals surface area contributed by atoms with Crippen LogP contribution in [0.5, 0.6) is 0 Å².